The number of nitrogens with one attached hydrogen (secondary N) is 2. The largest absolute Gasteiger partial charge is 0.359 e. The third-order valence-electron chi connectivity index (χ3n) is 3.61. The number of piperidine rings is 1. The van der Waals surface area contributed by atoms with Crippen molar-refractivity contribution in [1.29, 1.82) is 0 Å². The Balaban J connectivity index is 1.95. The second-order valence-electron chi connectivity index (χ2n) is 5.88. The van der Waals surface area contributed by atoms with Gasteiger partial charge >= 0.3 is 0 Å². The smallest absolute Gasteiger partial charge is 0.171 e. The zero-order valence-corrected chi connectivity index (χ0v) is 13.6. The van der Waals surface area contributed by atoms with E-state index in [4.69, 9.17) is 12.2 Å². The standard InChI is InChI=1S/C16H24N4S/c1-4-7-17-16(21)19-14-5-6-15(18-9-14)20-10-12(2)8-13(3)11-20/h4-6,9,12-13H,1,7-8,10-11H2,2-3H3,(H2,17,19,21)/t12-,13-/m1/s1. The van der Waals surface area contributed by atoms with Gasteiger partial charge in [0.05, 0.1) is 11.9 Å². The van der Waals surface area contributed by atoms with Crippen LogP contribution in [0.3, 0.4) is 0 Å². The third-order valence-corrected chi connectivity index (χ3v) is 3.85. The second-order valence-corrected chi connectivity index (χ2v) is 6.29. The van der Waals surface area contributed by atoms with E-state index in [1.54, 1.807) is 6.08 Å². The molecule has 21 heavy (non-hydrogen) atoms. The Hall–Kier alpha value is -1.62. The predicted octanol–water partition coefficient (Wildman–Crippen LogP) is 3.04. The molecule has 2 atom stereocenters. The van der Waals surface area contributed by atoms with Crippen LogP contribution in [0, 0.1) is 11.8 Å². The Bertz CT molecular complexity index is 476. The SMILES string of the molecule is C=CCNC(=S)Nc1ccc(N2C[C@H](C)C[C@@H](C)C2)nc1. The van der Waals surface area contributed by atoms with Crippen molar-refractivity contribution >= 4 is 28.8 Å². The summed E-state index contributed by atoms with van der Waals surface area (Å²) in [6.07, 6.45) is 4.91. The van der Waals surface area contributed by atoms with E-state index in [1.807, 2.05) is 12.3 Å². The second kappa shape index (κ2) is 7.41. The highest BCUT2D eigenvalue weighted by Gasteiger charge is 2.22. The van der Waals surface area contributed by atoms with E-state index in [0.29, 0.717) is 11.7 Å². The molecule has 2 N–H and O–H groups in total. The minimum absolute atomic E-state index is 0.588. The third kappa shape index (κ3) is 4.70. The van der Waals surface area contributed by atoms with Gasteiger partial charge in [-0.15, -0.1) is 6.58 Å². The van der Waals surface area contributed by atoms with Gasteiger partial charge in [-0.05, 0) is 42.6 Å². The zero-order valence-electron chi connectivity index (χ0n) is 12.8. The van der Waals surface area contributed by atoms with Crippen molar-refractivity contribution in [3.63, 3.8) is 0 Å². The number of thiocarbonyl (C=S) groups is 1. The van der Waals surface area contributed by atoms with Crippen LogP contribution in [0.1, 0.15) is 20.3 Å². The normalized spacial score (nSPS) is 21.7. The Morgan fingerprint density at radius 2 is 2.14 bits per heavy atom. The van der Waals surface area contributed by atoms with Gasteiger partial charge in [0.2, 0.25) is 0 Å². The minimum Gasteiger partial charge on any atom is -0.359 e. The van der Waals surface area contributed by atoms with Crippen molar-refractivity contribution in [2.75, 3.05) is 29.9 Å². The number of anilines is 2. The Kier molecular flexibility index (Phi) is 5.56. The number of nitrogens with zero attached hydrogens (tertiary/aromatic N) is 2. The van der Waals surface area contributed by atoms with Gasteiger partial charge < -0.3 is 15.5 Å². The molecule has 5 heteroatoms. The summed E-state index contributed by atoms with van der Waals surface area (Å²) in [7, 11) is 0. The van der Waals surface area contributed by atoms with Crippen LogP contribution in [-0.2, 0) is 0 Å². The van der Waals surface area contributed by atoms with E-state index in [1.165, 1.54) is 6.42 Å². The number of pyridine rings is 1. The van der Waals surface area contributed by atoms with Gasteiger partial charge in [-0.1, -0.05) is 19.9 Å². The molecule has 1 fully saturated rings. The molecule has 2 rings (SSSR count). The van der Waals surface area contributed by atoms with E-state index in [9.17, 15) is 0 Å². The highest BCUT2D eigenvalue weighted by atomic mass is 32.1. The fourth-order valence-corrected chi connectivity index (χ4v) is 3.04. The van der Waals surface area contributed by atoms with Gasteiger partial charge in [-0.2, -0.15) is 0 Å². The van der Waals surface area contributed by atoms with Gasteiger partial charge in [0.1, 0.15) is 5.82 Å². The number of hydrogen-bond acceptors (Lipinski definition) is 3. The van der Waals surface area contributed by atoms with Gasteiger partial charge in [0, 0.05) is 19.6 Å². The van der Waals surface area contributed by atoms with Gasteiger partial charge in [-0.25, -0.2) is 4.98 Å². The predicted molar refractivity (Wildman–Crippen MR) is 93.8 cm³/mol. The molecule has 1 aromatic rings. The first kappa shape index (κ1) is 15.8. The highest BCUT2D eigenvalue weighted by Crippen LogP contribution is 2.25. The first-order valence-corrected chi connectivity index (χ1v) is 7.86. The summed E-state index contributed by atoms with van der Waals surface area (Å²) in [6, 6.07) is 4.08. The maximum Gasteiger partial charge on any atom is 0.171 e. The van der Waals surface area contributed by atoms with Gasteiger partial charge in [-0.3, -0.25) is 0 Å². The van der Waals surface area contributed by atoms with Gasteiger partial charge in [0.15, 0.2) is 5.11 Å². The molecule has 1 saturated heterocycles. The van der Waals surface area contributed by atoms with Crippen LogP contribution in [0.2, 0.25) is 0 Å². The first-order valence-electron chi connectivity index (χ1n) is 7.45. The maximum absolute atomic E-state index is 5.18. The van der Waals surface area contributed by atoms with E-state index in [0.717, 1.165) is 36.4 Å². The molecular formula is C16H24N4S. The molecule has 0 bridgehead atoms. The number of aromatic nitrogens is 1. The Morgan fingerprint density at radius 3 is 2.71 bits per heavy atom. The van der Waals surface area contributed by atoms with Crippen LogP contribution in [0.25, 0.3) is 0 Å². The molecule has 0 spiro atoms. The summed E-state index contributed by atoms with van der Waals surface area (Å²) in [5.74, 6) is 2.50. The summed E-state index contributed by atoms with van der Waals surface area (Å²) in [5.41, 5.74) is 0.901. The lowest BCUT2D eigenvalue weighted by Gasteiger charge is -2.35. The summed E-state index contributed by atoms with van der Waals surface area (Å²) >= 11 is 5.18. The molecular weight excluding hydrogens is 280 g/mol. The van der Waals surface area contributed by atoms with Crippen LogP contribution in [-0.4, -0.2) is 29.7 Å². The number of rotatable bonds is 4. The summed E-state index contributed by atoms with van der Waals surface area (Å²) in [5, 5.41) is 6.74. The summed E-state index contributed by atoms with van der Waals surface area (Å²) in [4.78, 5) is 6.93. The average Bonchev–Trinajstić information content (AvgIpc) is 2.45. The van der Waals surface area contributed by atoms with Crippen molar-refractivity contribution in [3.05, 3.63) is 31.0 Å². The van der Waals surface area contributed by atoms with Crippen molar-refractivity contribution < 1.29 is 0 Å². The molecule has 0 unspecified atom stereocenters. The molecule has 0 saturated carbocycles. The molecule has 1 aliphatic rings. The first-order chi connectivity index (χ1) is 10.1. The molecule has 1 aromatic heterocycles. The molecule has 0 amide bonds. The van der Waals surface area contributed by atoms with Gasteiger partial charge in [0.25, 0.3) is 0 Å². The van der Waals surface area contributed by atoms with Crippen LogP contribution < -0.4 is 15.5 Å². The molecule has 0 aromatic carbocycles. The molecule has 0 aliphatic carbocycles. The fourth-order valence-electron chi connectivity index (χ4n) is 2.84. The molecule has 2 heterocycles. The van der Waals surface area contributed by atoms with Crippen LogP contribution >= 0.6 is 12.2 Å². The minimum atomic E-state index is 0.588. The van der Waals surface area contributed by atoms with E-state index < -0.39 is 0 Å². The zero-order chi connectivity index (χ0) is 15.2. The van der Waals surface area contributed by atoms with Crippen LogP contribution in [0.15, 0.2) is 31.0 Å². The average molecular weight is 304 g/mol. The van der Waals surface area contributed by atoms with Crippen molar-refractivity contribution in [2.45, 2.75) is 20.3 Å². The lowest BCUT2D eigenvalue weighted by Crippen LogP contribution is -2.39. The molecule has 4 nitrogen and oxygen atoms in total. The molecule has 114 valence electrons. The quantitative estimate of drug-likeness (QED) is 0.661. The fraction of sp³-hybridized carbons (Fsp3) is 0.500. The van der Waals surface area contributed by atoms with E-state index in [2.05, 4.69) is 47.0 Å². The van der Waals surface area contributed by atoms with E-state index >= 15 is 0 Å². The molecule has 1 aliphatic heterocycles. The Morgan fingerprint density at radius 1 is 1.43 bits per heavy atom. The van der Waals surface area contributed by atoms with E-state index in [-0.39, 0.29) is 0 Å². The molecule has 0 radical (unpaired) electrons. The van der Waals surface area contributed by atoms with Crippen molar-refractivity contribution in [2.24, 2.45) is 11.8 Å². The van der Waals surface area contributed by atoms with Crippen molar-refractivity contribution in [3.8, 4) is 0 Å². The Labute approximate surface area is 132 Å². The van der Waals surface area contributed by atoms with Crippen molar-refractivity contribution in [1.82, 2.24) is 10.3 Å². The topological polar surface area (TPSA) is 40.2 Å². The summed E-state index contributed by atoms with van der Waals surface area (Å²) < 4.78 is 0. The monoisotopic (exact) mass is 304 g/mol. The van der Waals surface area contributed by atoms with Crippen LogP contribution in [0.5, 0.6) is 0 Å². The lowest BCUT2D eigenvalue weighted by atomic mass is 9.92. The summed E-state index contributed by atoms with van der Waals surface area (Å²) in [6.45, 7) is 11.1. The maximum atomic E-state index is 5.18. The number of hydrogen-bond donors (Lipinski definition) is 2. The highest BCUT2D eigenvalue weighted by molar-refractivity contribution is 7.80. The van der Waals surface area contributed by atoms with Crippen LogP contribution in [0.4, 0.5) is 11.5 Å². The lowest BCUT2D eigenvalue weighted by molar-refractivity contribution is 0.355.